The number of nitro benzene ring substituents is 1. The highest BCUT2D eigenvalue weighted by Gasteiger charge is 2.16. The first-order chi connectivity index (χ1) is 9.56. The Kier molecular flexibility index (Phi) is 7.23. The molecule has 0 aromatic heterocycles. The van der Waals surface area contributed by atoms with E-state index >= 15 is 0 Å². The second-order valence-corrected chi connectivity index (χ2v) is 5.61. The van der Waals surface area contributed by atoms with Crippen LogP contribution in [0.3, 0.4) is 0 Å². The number of hydrogen-bond donors (Lipinski definition) is 0. The summed E-state index contributed by atoms with van der Waals surface area (Å²) in [6.07, 6.45) is 3.82. The number of nitrogens with zero attached hydrogens (tertiary/aromatic N) is 2. The van der Waals surface area contributed by atoms with Crippen molar-refractivity contribution in [3.8, 4) is 0 Å². The number of non-ortho nitro benzene ring substituents is 1. The molecule has 0 N–H and O–H groups in total. The van der Waals surface area contributed by atoms with Gasteiger partial charge in [-0.25, -0.2) is 0 Å². The summed E-state index contributed by atoms with van der Waals surface area (Å²) in [6.45, 7) is 9.71. The van der Waals surface area contributed by atoms with Gasteiger partial charge in [0, 0.05) is 25.2 Å². The Hall–Kier alpha value is -1.42. The van der Waals surface area contributed by atoms with Crippen LogP contribution in [0.5, 0.6) is 0 Å². The molecular formula is C16H26N2O2. The monoisotopic (exact) mass is 278 g/mol. The highest BCUT2D eigenvalue weighted by atomic mass is 16.6. The molecule has 0 aliphatic carbocycles. The molecule has 0 spiro atoms. The maximum atomic E-state index is 10.5. The minimum atomic E-state index is -0.354. The smallest absolute Gasteiger partial charge is 0.269 e. The lowest BCUT2D eigenvalue weighted by molar-refractivity contribution is -0.384. The molecule has 1 aliphatic heterocycles. The third-order valence-electron chi connectivity index (χ3n) is 3.29. The summed E-state index contributed by atoms with van der Waals surface area (Å²) in [5.41, 5.74) is 1.32. The summed E-state index contributed by atoms with van der Waals surface area (Å²) in [5.74, 6) is 0.766. The zero-order chi connectivity index (χ0) is 15.0. The second-order valence-electron chi connectivity index (χ2n) is 5.61. The summed E-state index contributed by atoms with van der Waals surface area (Å²) < 4.78 is 0. The van der Waals surface area contributed by atoms with E-state index in [1.807, 2.05) is 12.1 Å². The first-order valence-corrected chi connectivity index (χ1v) is 7.52. The van der Waals surface area contributed by atoms with Crippen molar-refractivity contribution in [2.45, 2.75) is 46.6 Å². The fraction of sp³-hybridized carbons (Fsp3) is 0.625. The molecule has 0 saturated carbocycles. The Morgan fingerprint density at radius 2 is 1.90 bits per heavy atom. The minimum absolute atomic E-state index is 0.167. The summed E-state index contributed by atoms with van der Waals surface area (Å²) in [6, 6.07) is 6.89. The van der Waals surface area contributed by atoms with Gasteiger partial charge in [0.05, 0.1) is 4.92 Å². The molecule has 1 saturated heterocycles. The predicted octanol–water partition coefficient (Wildman–Crippen LogP) is 4.24. The van der Waals surface area contributed by atoms with E-state index < -0.39 is 0 Å². The molecule has 20 heavy (non-hydrogen) atoms. The predicted molar refractivity (Wildman–Crippen MR) is 82.7 cm³/mol. The van der Waals surface area contributed by atoms with Crippen molar-refractivity contribution in [2.75, 3.05) is 13.1 Å². The molecule has 1 aromatic carbocycles. The van der Waals surface area contributed by atoms with Crippen molar-refractivity contribution < 1.29 is 4.92 Å². The summed E-state index contributed by atoms with van der Waals surface area (Å²) in [5, 5.41) is 10.5. The first-order valence-electron chi connectivity index (χ1n) is 7.52. The average Bonchev–Trinajstić information content (AvgIpc) is 2.40. The van der Waals surface area contributed by atoms with Crippen LogP contribution in [0.1, 0.15) is 45.6 Å². The third kappa shape index (κ3) is 5.70. The van der Waals surface area contributed by atoms with Crippen molar-refractivity contribution in [3.63, 3.8) is 0 Å². The van der Waals surface area contributed by atoms with Crippen molar-refractivity contribution in [2.24, 2.45) is 5.92 Å². The van der Waals surface area contributed by atoms with Gasteiger partial charge in [0.25, 0.3) is 5.69 Å². The topological polar surface area (TPSA) is 46.4 Å². The van der Waals surface area contributed by atoms with Crippen LogP contribution in [0, 0.1) is 16.0 Å². The second kappa shape index (κ2) is 8.69. The highest BCUT2D eigenvalue weighted by molar-refractivity contribution is 5.32. The molecule has 1 fully saturated rings. The van der Waals surface area contributed by atoms with Gasteiger partial charge >= 0.3 is 0 Å². The lowest BCUT2D eigenvalue weighted by Crippen LogP contribution is -2.33. The van der Waals surface area contributed by atoms with E-state index in [4.69, 9.17) is 0 Å². The van der Waals surface area contributed by atoms with E-state index in [2.05, 4.69) is 25.7 Å². The lowest BCUT2D eigenvalue weighted by Gasteiger charge is -2.30. The fourth-order valence-corrected chi connectivity index (χ4v) is 2.41. The van der Waals surface area contributed by atoms with Crippen LogP contribution >= 0.6 is 0 Å². The van der Waals surface area contributed by atoms with Crippen molar-refractivity contribution in [1.29, 1.82) is 0 Å². The maximum Gasteiger partial charge on any atom is 0.269 e. The number of benzene rings is 1. The molecule has 112 valence electrons. The van der Waals surface area contributed by atoms with E-state index in [0.29, 0.717) is 0 Å². The molecule has 0 radical (unpaired) electrons. The molecule has 1 aliphatic rings. The Morgan fingerprint density at radius 3 is 2.40 bits per heavy atom. The summed E-state index contributed by atoms with van der Waals surface area (Å²) in [7, 11) is 0. The van der Waals surface area contributed by atoms with Crippen molar-refractivity contribution in [3.05, 3.63) is 39.9 Å². The van der Waals surface area contributed by atoms with Gasteiger partial charge in [0.1, 0.15) is 0 Å². The van der Waals surface area contributed by atoms with E-state index in [1.165, 1.54) is 19.3 Å². The van der Waals surface area contributed by atoms with E-state index in [0.717, 1.165) is 31.1 Å². The maximum absolute atomic E-state index is 10.5. The van der Waals surface area contributed by atoms with Crippen LogP contribution in [0.4, 0.5) is 5.69 Å². The first kappa shape index (κ1) is 16.6. The molecule has 0 unspecified atom stereocenters. The van der Waals surface area contributed by atoms with E-state index in [9.17, 15) is 10.1 Å². The van der Waals surface area contributed by atoms with Crippen LogP contribution in [0.2, 0.25) is 0 Å². The van der Waals surface area contributed by atoms with Gasteiger partial charge in [-0.3, -0.25) is 15.0 Å². The number of likely N-dealkylation sites (tertiary alicyclic amines) is 1. The molecular weight excluding hydrogens is 252 g/mol. The Bertz CT molecular complexity index is 403. The standard InChI is InChI=1S/C13H18N2O2.C3H8/c1-11-3-2-8-14(9-11)10-12-4-6-13(7-5-12)15(16)17;1-3-2/h4-7,11H,2-3,8-10H2,1H3;3H2,1-2H3/t11-;/m0./s1. The summed E-state index contributed by atoms with van der Waals surface area (Å²) in [4.78, 5) is 12.6. The lowest BCUT2D eigenvalue weighted by atomic mass is 10.00. The summed E-state index contributed by atoms with van der Waals surface area (Å²) >= 11 is 0. The van der Waals surface area contributed by atoms with Crippen LogP contribution in [-0.4, -0.2) is 22.9 Å². The van der Waals surface area contributed by atoms with E-state index in [1.54, 1.807) is 12.1 Å². The van der Waals surface area contributed by atoms with Gasteiger partial charge in [0.2, 0.25) is 0 Å². The van der Waals surface area contributed by atoms with Crippen molar-refractivity contribution >= 4 is 5.69 Å². The normalized spacial score (nSPS) is 19.1. The number of rotatable bonds is 3. The largest absolute Gasteiger partial charge is 0.299 e. The SMILES string of the molecule is CCC.C[C@H]1CCCN(Cc2ccc([N+](=O)[O-])cc2)C1. The molecule has 4 heteroatoms. The van der Waals surface area contributed by atoms with Gasteiger partial charge in [-0.2, -0.15) is 0 Å². The van der Waals surface area contributed by atoms with Crippen LogP contribution < -0.4 is 0 Å². The number of nitro groups is 1. The molecule has 2 rings (SSSR count). The molecule has 1 atom stereocenters. The van der Waals surface area contributed by atoms with Gasteiger partial charge in [-0.15, -0.1) is 0 Å². The Morgan fingerprint density at radius 1 is 1.30 bits per heavy atom. The Balaban J connectivity index is 0.000000612. The number of piperidine rings is 1. The minimum Gasteiger partial charge on any atom is -0.299 e. The van der Waals surface area contributed by atoms with E-state index in [-0.39, 0.29) is 10.6 Å². The van der Waals surface area contributed by atoms with Gasteiger partial charge in [-0.05, 0) is 30.9 Å². The Labute approximate surface area is 121 Å². The zero-order valence-corrected chi connectivity index (χ0v) is 12.8. The van der Waals surface area contributed by atoms with Gasteiger partial charge < -0.3 is 0 Å². The molecule has 0 amide bonds. The quantitative estimate of drug-likeness (QED) is 0.613. The molecule has 0 bridgehead atoms. The van der Waals surface area contributed by atoms with Gasteiger partial charge in [0.15, 0.2) is 0 Å². The fourth-order valence-electron chi connectivity index (χ4n) is 2.41. The van der Waals surface area contributed by atoms with Crippen LogP contribution in [-0.2, 0) is 6.54 Å². The van der Waals surface area contributed by atoms with Crippen LogP contribution in [0.15, 0.2) is 24.3 Å². The zero-order valence-electron chi connectivity index (χ0n) is 12.8. The van der Waals surface area contributed by atoms with Crippen molar-refractivity contribution in [1.82, 2.24) is 4.90 Å². The average molecular weight is 278 g/mol. The molecule has 4 nitrogen and oxygen atoms in total. The van der Waals surface area contributed by atoms with Crippen LogP contribution in [0.25, 0.3) is 0 Å². The highest BCUT2D eigenvalue weighted by Crippen LogP contribution is 2.19. The molecule has 1 heterocycles. The number of hydrogen-bond acceptors (Lipinski definition) is 3. The van der Waals surface area contributed by atoms with Gasteiger partial charge in [-0.1, -0.05) is 39.3 Å². The molecule has 1 aromatic rings. The third-order valence-corrected chi connectivity index (χ3v) is 3.29.